The second kappa shape index (κ2) is 6.53. The standard InChI is InChI=1S/C14H12Cl2O2/c15-11-1-5-13(6-2-11)17-9-10-18-14-7-3-12(16)4-8-14/h1-8H,9-10H2. The van der Waals surface area contributed by atoms with Crippen LogP contribution in [0.2, 0.25) is 10.0 Å². The molecule has 0 heterocycles. The molecule has 0 fully saturated rings. The summed E-state index contributed by atoms with van der Waals surface area (Å²) in [6, 6.07) is 14.5. The Kier molecular flexibility index (Phi) is 4.73. The van der Waals surface area contributed by atoms with Gasteiger partial charge in [0.25, 0.3) is 0 Å². The molecule has 0 bridgehead atoms. The summed E-state index contributed by atoms with van der Waals surface area (Å²) >= 11 is 11.5. The molecule has 2 aromatic rings. The summed E-state index contributed by atoms with van der Waals surface area (Å²) in [4.78, 5) is 0. The number of hydrogen-bond donors (Lipinski definition) is 0. The quantitative estimate of drug-likeness (QED) is 0.755. The van der Waals surface area contributed by atoms with Gasteiger partial charge in [-0.1, -0.05) is 23.2 Å². The van der Waals surface area contributed by atoms with Gasteiger partial charge in [-0.2, -0.15) is 0 Å². The average Bonchev–Trinajstić information content (AvgIpc) is 2.39. The van der Waals surface area contributed by atoms with Crippen LogP contribution in [0.3, 0.4) is 0 Å². The molecule has 0 saturated carbocycles. The van der Waals surface area contributed by atoms with E-state index in [0.717, 1.165) is 11.5 Å². The Morgan fingerprint density at radius 2 is 0.944 bits per heavy atom. The van der Waals surface area contributed by atoms with E-state index in [0.29, 0.717) is 23.3 Å². The SMILES string of the molecule is Clc1ccc(OCCOc2ccc(Cl)cc2)cc1. The van der Waals surface area contributed by atoms with Crippen LogP contribution in [0.15, 0.2) is 48.5 Å². The van der Waals surface area contributed by atoms with Gasteiger partial charge in [-0.3, -0.25) is 0 Å². The third kappa shape index (κ3) is 4.13. The highest BCUT2D eigenvalue weighted by molar-refractivity contribution is 6.30. The Morgan fingerprint density at radius 3 is 1.28 bits per heavy atom. The highest BCUT2D eigenvalue weighted by Gasteiger charge is 1.96. The fraction of sp³-hybridized carbons (Fsp3) is 0.143. The zero-order valence-corrected chi connectivity index (χ0v) is 11.1. The van der Waals surface area contributed by atoms with E-state index in [9.17, 15) is 0 Å². The topological polar surface area (TPSA) is 18.5 Å². The molecule has 4 heteroatoms. The van der Waals surface area contributed by atoms with Crippen LogP contribution >= 0.6 is 23.2 Å². The Hall–Kier alpha value is -1.38. The van der Waals surface area contributed by atoms with Crippen LogP contribution < -0.4 is 9.47 Å². The Bertz CT molecular complexity index is 433. The maximum absolute atomic E-state index is 5.77. The summed E-state index contributed by atoms with van der Waals surface area (Å²) in [5.41, 5.74) is 0. The van der Waals surface area contributed by atoms with Crippen LogP contribution in [0.5, 0.6) is 11.5 Å². The van der Waals surface area contributed by atoms with E-state index in [1.165, 1.54) is 0 Å². The van der Waals surface area contributed by atoms with Crippen molar-refractivity contribution in [2.45, 2.75) is 0 Å². The van der Waals surface area contributed by atoms with Crippen molar-refractivity contribution < 1.29 is 9.47 Å². The molecule has 18 heavy (non-hydrogen) atoms. The molecule has 0 radical (unpaired) electrons. The van der Waals surface area contributed by atoms with Crippen molar-refractivity contribution in [2.75, 3.05) is 13.2 Å². The van der Waals surface area contributed by atoms with Gasteiger partial charge in [0, 0.05) is 10.0 Å². The van der Waals surface area contributed by atoms with Crippen molar-refractivity contribution in [2.24, 2.45) is 0 Å². The molecule has 2 nitrogen and oxygen atoms in total. The molecule has 0 aliphatic heterocycles. The molecule has 2 aromatic carbocycles. The third-order valence-electron chi connectivity index (χ3n) is 2.25. The lowest BCUT2D eigenvalue weighted by molar-refractivity contribution is 0.217. The van der Waals surface area contributed by atoms with Crippen LogP contribution in [-0.4, -0.2) is 13.2 Å². The van der Waals surface area contributed by atoms with E-state index in [-0.39, 0.29) is 0 Å². The van der Waals surface area contributed by atoms with Gasteiger partial charge in [-0.15, -0.1) is 0 Å². The van der Waals surface area contributed by atoms with Gasteiger partial charge in [-0.25, -0.2) is 0 Å². The van der Waals surface area contributed by atoms with Crippen LogP contribution in [0, 0.1) is 0 Å². The number of ether oxygens (including phenoxy) is 2. The molecule has 0 aliphatic carbocycles. The number of halogens is 2. The second-order valence-electron chi connectivity index (χ2n) is 3.60. The van der Waals surface area contributed by atoms with Crippen molar-refractivity contribution in [1.82, 2.24) is 0 Å². The van der Waals surface area contributed by atoms with Gasteiger partial charge in [0.15, 0.2) is 0 Å². The summed E-state index contributed by atoms with van der Waals surface area (Å²) < 4.78 is 11.0. The van der Waals surface area contributed by atoms with E-state index >= 15 is 0 Å². The highest BCUT2D eigenvalue weighted by Crippen LogP contribution is 2.17. The molecule has 0 spiro atoms. The summed E-state index contributed by atoms with van der Waals surface area (Å²) in [5.74, 6) is 1.55. The summed E-state index contributed by atoms with van der Waals surface area (Å²) in [6.07, 6.45) is 0. The second-order valence-corrected chi connectivity index (χ2v) is 4.48. The maximum Gasteiger partial charge on any atom is 0.122 e. The lowest BCUT2D eigenvalue weighted by Gasteiger charge is -2.08. The van der Waals surface area contributed by atoms with E-state index in [1.807, 2.05) is 24.3 Å². The predicted octanol–water partition coefficient (Wildman–Crippen LogP) is 4.45. The molecule has 0 amide bonds. The first-order chi connectivity index (χ1) is 8.74. The molecule has 2 rings (SSSR count). The molecular formula is C14H12Cl2O2. The Balaban J connectivity index is 1.73. The minimum Gasteiger partial charge on any atom is -0.490 e. The summed E-state index contributed by atoms with van der Waals surface area (Å²) in [6.45, 7) is 0.953. The minimum atomic E-state index is 0.476. The van der Waals surface area contributed by atoms with E-state index < -0.39 is 0 Å². The monoisotopic (exact) mass is 282 g/mol. The maximum atomic E-state index is 5.77. The fourth-order valence-electron chi connectivity index (χ4n) is 1.38. The highest BCUT2D eigenvalue weighted by atomic mass is 35.5. The Labute approximate surface area is 116 Å². The van der Waals surface area contributed by atoms with Gasteiger partial charge in [-0.05, 0) is 48.5 Å². The smallest absolute Gasteiger partial charge is 0.122 e. The van der Waals surface area contributed by atoms with Gasteiger partial charge >= 0.3 is 0 Å². The van der Waals surface area contributed by atoms with Crippen LogP contribution in [0.4, 0.5) is 0 Å². The number of benzene rings is 2. The molecule has 94 valence electrons. The average molecular weight is 283 g/mol. The van der Waals surface area contributed by atoms with Gasteiger partial charge in [0.1, 0.15) is 24.7 Å². The normalized spacial score (nSPS) is 10.1. The van der Waals surface area contributed by atoms with Gasteiger partial charge in [0.2, 0.25) is 0 Å². The van der Waals surface area contributed by atoms with Crippen LogP contribution in [0.1, 0.15) is 0 Å². The summed E-state index contributed by atoms with van der Waals surface area (Å²) in [5, 5.41) is 1.39. The van der Waals surface area contributed by atoms with Crippen molar-refractivity contribution in [3.8, 4) is 11.5 Å². The van der Waals surface area contributed by atoms with Gasteiger partial charge < -0.3 is 9.47 Å². The molecule has 0 aromatic heterocycles. The largest absolute Gasteiger partial charge is 0.490 e. The zero-order chi connectivity index (χ0) is 12.8. The first-order valence-corrected chi connectivity index (χ1v) is 6.26. The van der Waals surface area contributed by atoms with Crippen molar-refractivity contribution in [3.05, 3.63) is 58.6 Å². The van der Waals surface area contributed by atoms with Crippen molar-refractivity contribution >= 4 is 23.2 Å². The zero-order valence-electron chi connectivity index (χ0n) is 9.61. The van der Waals surface area contributed by atoms with Crippen molar-refractivity contribution in [3.63, 3.8) is 0 Å². The minimum absolute atomic E-state index is 0.476. The number of hydrogen-bond acceptors (Lipinski definition) is 2. The molecule has 0 atom stereocenters. The lowest BCUT2D eigenvalue weighted by atomic mass is 10.3. The predicted molar refractivity (Wildman–Crippen MR) is 73.9 cm³/mol. The summed E-state index contributed by atoms with van der Waals surface area (Å²) in [7, 11) is 0. The Morgan fingerprint density at radius 1 is 0.611 bits per heavy atom. The fourth-order valence-corrected chi connectivity index (χ4v) is 1.63. The molecule has 0 saturated heterocycles. The van der Waals surface area contributed by atoms with E-state index in [4.69, 9.17) is 32.7 Å². The van der Waals surface area contributed by atoms with E-state index in [2.05, 4.69) is 0 Å². The first-order valence-electron chi connectivity index (χ1n) is 5.51. The van der Waals surface area contributed by atoms with Crippen LogP contribution in [0.25, 0.3) is 0 Å². The molecule has 0 aliphatic rings. The molecular weight excluding hydrogens is 271 g/mol. The van der Waals surface area contributed by atoms with Crippen LogP contribution in [-0.2, 0) is 0 Å². The lowest BCUT2D eigenvalue weighted by Crippen LogP contribution is -2.08. The van der Waals surface area contributed by atoms with Crippen molar-refractivity contribution in [1.29, 1.82) is 0 Å². The third-order valence-corrected chi connectivity index (χ3v) is 2.75. The van der Waals surface area contributed by atoms with E-state index in [1.54, 1.807) is 24.3 Å². The first kappa shape index (κ1) is 13.1. The van der Waals surface area contributed by atoms with Gasteiger partial charge in [0.05, 0.1) is 0 Å². The molecule has 0 N–H and O–H groups in total. The number of rotatable bonds is 5. The molecule has 0 unspecified atom stereocenters.